The average Bonchev–Trinajstić information content (AvgIpc) is 2.06. The molecule has 1 aromatic rings. The van der Waals surface area contributed by atoms with Gasteiger partial charge in [0.15, 0.2) is 0 Å². The van der Waals surface area contributed by atoms with E-state index in [1.807, 2.05) is 18.2 Å². The van der Waals surface area contributed by atoms with Gasteiger partial charge in [-0.25, -0.2) is 0 Å². The molecule has 1 nitrogen and oxygen atoms in total. The van der Waals surface area contributed by atoms with Crippen LogP contribution in [0, 0.1) is 11.3 Å². The summed E-state index contributed by atoms with van der Waals surface area (Å²) in [6, 6.07) is 7.63. The number of hydrogen-bond donors (Lipinski definition) is 1. The van der Waals surface area contributed by atoms with Gasteiger partial charge in [0, 0.05) is 0 Å². The van der Waals surface area contributed by atoms with Crippen LogP contribution in [0.2, 0.25) is 0 Å². The number of hydrogen-bond acceptors (Lipinski definition) is 1. The molecular formula is C14H23NaO. The van der Waals surface area contributed by atoms with Gasteiger partial charge in [-0.1, -0.05) is 45.9 Å². The van der Waals surface area contributed by atoms with Crippen molar-refractivity contribution in [2.24, 2.45) is 11.3 Å². The molecule has 1 N–H and O–H groups in total. The van der Waals surface area contributed by atoms with Crippen molar-refractivity contribution in [2.75, 3.05) is 0 Å². The number of rotatable bonds is 4. The molecular weight excluding hydrogens is 207 g/mol. The van der Waals surface area contributed by atoms with E-state index in [-0.39, 0.29) is 35.0 Å². The van der Waals surface area contributed by atoms with Crippen molar-refractivity contribution in [2.45, 2.75) is 40.5 Å². The fourth-order valence-electron chi connectivity index (χ4n) is 2.35. The molecule has 0 amide bonds. The molecule has 0 saturated heterocycles. The minimum atomic E-state index is 0. The van der Waals surface area contributed by atoms with Crippen molar-refractivity contribution in [3.05, 3.63) is 29.8 Å². The van der Waals surface area contributed by atoms with Crippen LogP contribution in [0.25, 0.3) is 0 Å². The van der Waals surface area contributed by atoms with Crippen LogP contribution in [0.3, 0.4) is 0 Å². The Morgan fingerprint density at radius 2 is 1.75 bits per heavy atom. The summed E-state index contributed by atoms with van der Waals surface area (Å²) in [6.07, 6.45) is 2.12. The van der Waals surface area contributed by atoms with Crippen molar-refractivity contribution < 1.29 is 5.11 Å². The summed E-state index contributed by atoms with van der Waals surface area (Å²) in [5.74, 6) is 1.13. The predicted molar refractivity (Wildman–Crippen MR) is 72.2 cm³/mol. The first kappa shape index (κ1) is 16.0. The van der Waals surface area contributed by atoms with Gasteiger partial charge >= 0.3 is 29.6 Å². The van der Waals surface area contributed by atoms with Gasteiger partial charge in [-0.05, 0) is 35.8 Å². The van der Waals surface area contributed by atoms with Gasteiger partial charge < -0.3 is 5.11 Å². The second kappa shape index (κ2) is 6.68. The van der Waals surface area contributed by atoms with E-state index in [0.29, 0.717) is 11.7 Å². The van der Waals surface area contributed by atoms with Crippen molar-refractivity contribution in [3.8, 4) is 5.75 Å². The second-order valence-corrected chi connectivity index (χ2v) is 5.57. The monoisotopic (exact) mass is 230 g/mol. The molecule has 0 radical (unpaired) electrons. The van der Waals surface area contributed by atoms with Crippen LogP contribution in [0.5, 0.6) is 5.75 Å². The van der Waals surface area contributed by atoms with Crippen molar-refractivity contribution >= 4 is 29.6 Å². The summed E-state index contributed by atoms with van der Waals surface area (Å²) in [7, 11) is 0. The molecule has 0 heterocycles. The molecule has 86 valence electrons. The van der Waals surface area contributed by atoms with Crippen LogP contribution >= 0.6 is 0 Å². The van der Waals surface area contributed by atoms with Crippen LogP contribution in [-0.4, -0.2) is 34.7 Å². The number of aromatic hydroxyl groups is 1. The van der Waals surface area contributed by atoms with Crippen LogP contribution in [-0.2, 0) is 6.42 Å². The predicted octanol–water partition coefficient (Wildman–Crippen LogP) is 3.36. The summed E-state index contributed by atoms with van der Waals surface area (Å²) < 4.78 is 0. The SMILES string of the molecule is CC(C)CC(C)(C)Cc1ccccc1O.[NaH]. The van der Waals surface area contributed by atoms with Gasteiger partial charge in [0.1, 0.15) is 5.75 Å². The zero-order valence-electron chi connectivity index (χ0n) is 10.2. The Morgan fingerprint density at radius 3 is 2.25 bits per heavy atom. The number of para-hydroxylation sites is 1. The molecule has 1 rings (SSSR count). The molecule has 0 fully saturated rings. The average molecular weight is 230 g/mol. The first-order valence-electron chi connectivity index (χ1n) is 5.67. The molecule has 0 aromatic heterocycles. The molecule has 16 heavy (non-hydrogen) atoms. The van der Waals surface area contributed by atoms with Crippen LogP contribution < -0.4 is 0 Å². The van der Waals surface area contributed by atoms with Crippen LogP contribution in [0.1, 0.15) is 39.7 Å². The van der Waals surface area contributed by atoms with Gasteiger partial charge in [-0.3, -0.25) is 0 Å². The molecule has 0 aliphatic heterocycles. The zero-order valence-corrected chi connectivity index (χ0v) is 10.2. The summed E-state index contributed by atoms with van der Waals surface area (Å²) in [6.45, 7) is 9.01. The van der Waals surface area contributed by atoms with E-state index in [2.05, 4.69) is 27.7 Å². The van der Waals surface area contributed by atoms with Crippen LogP contribution in [0.15, 0.2) is 24.3 Å². The third-order valence-corrected chi connectivity index (χ3v) is 2.62. The first-order chi connectivity index (χ1) is 6.91. The standard InChI is InChI=1S/C14H22O.Na.H/c1-11(2)9-14(3,4)10-12-7-5-6-8-13(12)15;;/h5-8,11,15H,9-10H2,1-4H3;;. The van der Waals surface area contributed by atoms with E-state index in [1.165, 1.54) is 6.42 Å². The molecule has 0 spiro atoms. The van der Waals surface area contributed by atoms with E-state index in [4.69, 9.17) is 0 Å². The van der Waals surface area contributed by atoms with E-state index in [9.17, 15) is 5.11 Å². The maximum absolute atomic E-state index is 9.71. The van der Waals surface area contributed by atoms with Crippen molar-refractivity contribution in [1.82, 2.24) is 0 Å². The molecule has 0 unspecified atom stereocenters. The van der Waals surface area contributed by atoms with Crippen LogP contribution in [0.4, 0.5) is 0 Å². The fourth-order valence-corrected chi connectivity index (χ4v) is 2.35. The Balaban J connectivity index is 0.00000225. The van der Waals surface area contributed by atoms with E-state index < -0.39 is 0 Å². The molecule has 1 aromatic carbocycles. The molecule has 0 saturated carbocycles. The topological polar surface area (TPSA) is 20.2 Å². The van der Waals surface area contributed by atoms with Crippen molar-refractivity contribution in [3.63, 3.8) is 0 Å². The third kappa shape index (κ3) is 5.38. The Bertz CT molecular complexity index is 318. The Kier molecular flexibility index (Phi) is 6.69. The molecule has 0 aliphatic rings. The summed E-state index contributed by atoms with van der Waals surface area (Å²) in [4.78, 5) is 0. The third-order valence-electron chi connectivity index (χ3n) is 2.62. The number of benzene rings is 1. The molecule has 2 heteroatoms. The summed E-state index contributed by atoms with van der Waals surface area (Å²) in [5.41, 5.74) is 1.32. The quantitative estimate of drug-likeness (QED) is 0.786. The second-order valence-electron chi connectivity index (χ2n) is 5.57. The van der Waals surface area contributed by atoms with E-state index >= 15 is 0 Å². The fraction of sp³-hybridized carbons (Fsp3) is 0.571. The number of phenolic OH excluding ortho intramolecular Hbond substituents is 1. The minimum absolute atomic E-state index is 0. The van der Waals surface area contributed by atoms with Gasteiger partial charge in [-0.2, -0.15) is 0 Å². The zero-order chi connectivity index (χ0) is 11.5. The maximum atomic E-state index is 9.71. The van der Waals surface area contributed by atoms with Gasteiger partial charge in [-0.15, -0.1) is 0 Å². The summed E-state index contributed by atoms with van der Waals surface area (Å²) >= 11 is 0. The Hall–Kier alpha value is 0.0200. The number of phenols is 1. The summed E-state index contributed by atoms with van der Waals surface area (Å²) in [5, 5.41) is 9.71. The molecule has 0 atom stereocenters. The van der Waals surface area contributed by atoms with Gasteiger partial charge in [0.25, 0.3) is 0 Å². The normalized spacial score (nSPS) is 11.3. The van der Waals surface area contributed by atoms with E-state index in [0.717, 1.165) is 12.0 Å². The van der Waals surface area contributed by atoms with E-state index in [1.54, 1.807) is 6.07 Å². The van der Waals surface area contributed by atoms with Gasteiger partial charge in [0.2, 0.25) is 0 Å². The molecule has 0 aliphatic carbocycles. The first-order valence-corrected chi connectivity index (χ1v) is 5.67. The van der Waals surface area contributed by atoms with Crippen molar-refractivity contribution in [1.29, 1.82) is 0 Å². The Morgan fingerprint density at radius 1 is 1.19 bits per heavy atom. The Labute approximate surface area is 122 Å². The molecule has 0 bridgehead atoms. The van der Waals surface area contributed by atoms with Gasteiger partial charge in [0.05, 0.1) is 0 Å².